The maximum absolute atomic E-state index is 13.9. The first-order valence-electron chi connectivity index (χ1n) is 7.44. The van der Waals surface area contributed by atoms with Crippen molar-refractivity contribution in [1.29, 1.82) is 0 Å². The predicted octanol–water partition coefficient (Wildman–Crippen LogP) is 1.19. The summed E-state index contributed by atoms with van der Waals surface area (Å²) >= 11 is 0. The molecule has 0 amide bonds. The van der Waals surface area contributed by atoms with Gasteiger partial charge >= 0.3 is 5.69 Å². The first-order chi connectivity index (χ1) is 11.1. The SMILES string of the molecule is O=c1c(F)cn([C@H]2CCCO2)c(=O)n1C[C@@H](O)c1ccccc1. The van der Waals surface area contributed by atoms with Gasteiger partial charge in [-0.3, -0.25) is 13.9 Å². The third-order valence-corrected chi connectivity index (χ3v) is 3.91. The fourth-order valence-electron chi connectivity index (χ4n) is 2.69. The smallest absolute Gasteiger partial charge is 0.333 e. The van der Waals surface area contributed by atoms with Crippen LogP contribution in [0.25, 0.3) is 0 Å². The van der Waals surface area contributed by atoms with Gasteiger partial charge in [0.15, 0.2) is 0 Å². The Morgan fingerprint density at radius 2 is 2.04 bits per heavy atom. The molecule has 0 spiro atoms. The molecule has 0 aliphatic carbocycles. The monoisotopic (exact) mass is 320 g/mol. The molecule has 7 heteroatoms. The molecule has 3 rings (SSSR count). The topological polar surface area (TPSA) is 73.5 Å². The zero-order valence-corrected chi connectivity index (χ0v) is 12.4. The fourth-order valence-corrected chi connectivity index (χ4v) is 2.69. The Kier molecular flexibility index (Phi) is 4.40. The van der Waals surface area contributed by atoms with Gasteiger partial charge in [0.1, 0.15) is 6.23 Å². The molecule has 2 atom stereocenters. The molecule has 2 aromatic rings. The number of aliphatic hydroxyl groups is 1. The summed E-state index contributed by atoms with van der Waals surface area (Å²) in [6.07, 6.45) is 0.578. The number of aliphatic hydroxyl groups excluding tert-OH is 1. The Morgan fingerprint density at radius 1 is 1.30 bits per heavy atom. The number of hydrogen-bond donors (Lipinski definition) is 1. The van der Waals surface area contributed by atoms with Gasteiger partial charge in [-0.15, -0.1) is 0 Å². The van der Waals surface area contributed by atoms with E-state index < -0.39 is 29.4 Å². The van der Waals surface area contributed by atoms with Gasteiger partial charge in [-0.05, 0) is 18.4 Å². The van der Waals surface area contributed by atoms with Crippen molar-refractivity contribution in [2.75, 3.05) is 6.61 Å². The second-order valence-corrected chi connectivity index (χ2v) is 5.48. The van der Waals surface area contributed by atoms with Gasteiger partial charge in [0.25, 0.3) is 5.56 Å². The van der Waals surface area contributed by atoms with Crippen LogP contribution in [0, 0.1) is 5.82 Å². The third kappa shape index (κ3) is 3.11. The second kappa shape index (κ2) is 6.47. The van der Waals surface area contributed by atoms with E-state index in [0.717, 1.165) is 17.2 Å². The zero-order chi connectivity index (χ0) is 16.4. The Morgan fingerprint density at radius 3 is 2.70 bits per heavy atom. The molecule has 0 bridgehead atoms. The largest absolute Gasteiger partial charge is 0.387 e. The lowest BCUT2D eigenvalue weighted by atomic mass is 10.1. The molecule has 122 valence electrons. The van der Waals surface area contributed by atoms with Crippen LogP contribution < -0.4 is 11.2 Å². The van der Waals surface area contributed by atoms with Crippen molar-refractivity contribution in [2.45, 2.75) is 31.7 Å². The van der Waals surface area contributed by atoms with Gasteiger partial charge in [-0.1, -0.05) is 30.3 Å². The van der Waals surface area contributed by atoms with Crippen LogP contribution in [-0.4, -0.2) is 20.8 Å². The van der Waals surface area contributed by atoms with E-state index in [2.05, 4.69) is 0 Å². The van der Waals surface area contributed by atoms with Gasteiger partial charge in [0.05, 0.1) is 18.8 Å². The van der Waals surface area contributed by atoms with Gasteiger partial charge in [-0.2, -0.15) is 4.39 Å². The quantitative estimate of drug-likeness (QED) is 0.918. The predicted molar refractivity (Wildman–Crippen MR) is 80.5 cm³/mol. The first-order valence-corrected chi connectivity index (χ1v) is 7.44. The number of ether oxygens (including phenoxy) is 1. The zero-order valence-electron chi connectivity index (χ0n) is 12.4. The van der Waals surface area contributed by atoms with Crippen molar-refractivity contribution < 1.29 is 14.2 Å². The van der Waals surface area contributed by atoms with Crippen LogP contribution in [0.3, 0.4) is 0 Å². The molecule has 1 aromatic carbocycles. The lowest BCUT2D eigenvalue weighted by Gasteiger charge is -2.17. The third-order valence-electron chi connectivity index (χ3n) is 3.91. The van der Waals surface area contributed by atoms with Crippen molar-refractivity contribution in [1.82, 2.24) is 9.13 Å². The van der Waals surface area contributed by atoms with E-state index in [0.29, 0.717) is 23.2 Å². The van der Waals surface area contributed by atoms with Gasteiger partial charge in [-0.25, -0.2) is 4.79 Å². The van der Waals surface area contributed by atoms with Crippen LogP contribution in [0.5, 0.6) is 0 Å². The number of aromatic nitrogens is 2. The molecule has 0 unspecified atom stereocenters. The Labute approximate surface area is 131 Å². The Hall–Kier alpha value is -2.25. The van der Waals surface area contributed by atoms with E-state index in [4.69, 9.17) is 4.74 Å². The molecule has 1 saturated heterocycles. The Bertz CT molecular complexity index is 794. The number of hydrogen-bond acceptors (Lipinski definition) is 4. The molecule has 1 fully saturated rings. The Balaban J connectivity index is 1.98. The van der Waals surface area contributed by atoms with Crippen molar-refractivity contribution in [2.24, 2.45) is 0 Å². The average Bonchev–Trinajstić information content (AvgIpc) is 3.10. The molecule has 1 aliphatic rings. The molecule has 0 radical (unpaired) electrons. The average molecular weight is 320 g/mol. The summed E-state index contributed by atoms with van der Waals surface area (Å²) in [6, 6.07) is 8.60. The fraction of sp³-hybridized carbons (Fsp3) is 0.375. The van der Waals surface area contributed by atoms with Crippen LogP contribution in [0.15, 0.2) is 46.1 Å². The molecular weight excluding hydrogens is 303 g/mol. The van der Waals surface area contributed by atoms with Crippen LogP contribution in [-0.2, 0) is 11.3 Å². The van der Waals surface area contributed by atoms with Crippen molar-refractivity contribution in [3.63, 3.8) is 0 Å². The number of benzene rings is 1. The highest BCUT2D eigenvalue weighted by atomic mass is 19.1. The summed E-state index contributed by atoms with van der Waals surface area (Å²) in [4.78, 5) is 24.4. The summed E-state index contributed by atoms with van der Waals surface area (Å²) in [5.74, 6) is -1.04. The van der Waals surface area contributed by atoms with Crippen LogP contribution in [0.2, 0.25) is 0 Å². The lowest BCUT2D eigenvalue weighted by Crippen LogP contribution is -2.43. The summed E-state index contributed by atoms with van der Waals surface area (Å²) in [5, 5.41) is 10.2. The molecular formula is C16H17FN2O4. The van der Waals surface area contributed by atoms with E-state index >= 15 is 0 Å². The highest BCUT2D eigenvalue weighted by Crippen LogP contribution is 2.21. The maximum Gasteiger partial charge on any atom is 0.333 e. The molecule has 1 N–H and O–H groups in total. The van der Waals surface area contributed by atoms with E-state index in [1.54, 1.807) is 30.3 Å². The summed E-state index contributed by atoms with van der Waals surface area (Å²) < 4.78 is 21.1. The van der Waals surface area contributed by atoms with Crippen molar-refractivity contribution in [3.8, 4) is 0 Å². The van der Waals surface area contributed by atoms with Gasteiger partial charge < -0.3 is 9.84 Å². The molecule has 6 nitrogen and oxygen atoms in total. The summed E-state index contributed by atoms with van der Waals surface area (Å²) in [7, 11) is 0. The normalized spacial score (nSPS) is 19.0. The second-order valence-electron chi connectivity index (χ2n) is 5.48. The first kappa shape index (κ1) is 15.6. The van der Waals surface area contributed by atoms with E-state index in [1.165, 1.54) is 0 Å². The van der Waals surface area contributed by atoms with Crippen LogP contribution in [0.4, 0.5) is 4.39 Å². The minimum Gasteiger partial charge on any atom is -0.387 e. The van der Waals surface area contributed by atoms with Crippen molar-refractivity contribution >= 4 is 0 Å². The molecule has 23 heavy (non-hydrogen) atoms. The molecule has 0 saturated carbocycles. The molecule has 1 aliphatic heterocycles. The summed E-state index contributed by atoms with van der Waals surface area (Å²) in [6.45, 7) is 0.177. The highest BCUT2D eigenvalue weighted by Gasteiger charge is 2.23. The lowest BCUT2D eigenvalue weighted by molar-refractivity contribution is 0.0491. The van der Waals surface area contributed by atoms with E-state index in [1.807, 2.05) is 0 Å². The standard InChI is InChI=1S/C16H17FN2O4/c17-12-9-18(14-7-4-8-23-14)16(22)19(15(12)21)10-13(20)11-5-2-1-3-6-11/h1-3,5-6,9,13-14,20H,4,7-8,10H2/t13-,14-/m1/s1. The van der Waals surface area contributed by atoms with Crippen LogP contribution in [0.1, 0.15) is 30.7 Å². The number of halogens is 1. The number of nitrogens with zero attached hydrogens (tertiary/aromatic N) is 2. The number of rotatable bonds is 4. The van der Waals surface area contributed by atoms with Crippen molar-refractivity contribution in [3.05, 3.63) is 68.7 Å². The van der Waals surface area contributed by atoms with E-state index in [-0.39, 0.29) is 6.54 Å². The molecule has 1 aromatic heterocycles. The van der Waals surface area contributed by atoms with Gasteiger partial charge in [0, 0.05) is 6.61 Å². The molecule has 2 heterocycles. The minimum atomic E-state index is -1.08. The maximum atomic E-state index is 13.9. The summed E-state index contributed by atoms with van der Waals surface area (Å²) in [5.41, 5.74) is -1.18. The van der Waals surface area contributed by atoms with Crippen LogP contribution >= 0.6 is 0 Å². The van der Waals surface area contributed by atoms with Gasteiger partial charge in [0.2, 0.25) is 5.82 Å². The highest BCUT2D eigenvalue weighted by molar-refractivity contribution is 5.17. The minimum absolute atomic E-state index is 0.313. The van der Waals surface area contributed by atoms with E-state index in [9.17, 15) is 19.1 Å².